The first-order valence-electron chi connectivity index (χ1n) is 5.67. The molecule has 16 heavy (non-hydrogen) atoms. The minimum absolute atomic E-state index is 0.0970. The Morgan fingerprint density at radius 2 is 1.88 bits per heavy atom. The molecule has 0 unspecified atom stereocenters. The van der Waals surface area contributed by atoms with Crippen LogP contribution in [-0.4, -0.2) is 11.9 Å². The van der Waals surface area contributed by atoms with Crippen molar-refractivity contribution in [1.82, 2.24) is 5.32 Å². The van der Waals surface area contributed by atoms with E-state index in [4.69, 9.17) is 5.73 Å². The summed E-state index contributed by atoms with van der Waals surface area (Å²) in [6, 6.07) is 7.91. The Hall–Kier alpha value is -1.51. The summed E-state index contributed by atoms with van der Waals surface area (Å²) in [6.45, 7) is 3.88. The predicted octanol–water partition coefficient (Wildman–Crippen LogP) is 1.82. The molecule has 3 nitrogen and oxygen atoms in total. The highest BCUT2D eigenvalue weighted by atomic mass is 16.2. The molecule has 2 rings (SSSR count). The molecule has 3 heteroatoms. The van der Waals surface area contributed by atoms with Gasteiger partial charge in [-0.1, -0.05) is 12.1 Å². The van der Waals surface area contributed by atoms with E-state index in [0.717, 1.165) is 24.1 Å². The lowest BCUT2D eigenvalue weighted by atomic mass is 9.83. The van der Waals surface area contributed by atoms with Crippen LogP contribution in [0.25, 0.3) is 0 Å². The van der Waals surface area contributed by atoms with Crippen molar-refractivity contribution in [2.75, 3.05) is 5.73 Å². The topological polar surface area (TPSA) is 55.1 Å². The van der Waals surface area contributed by atoms with Crippen molar-refractivity contribution < 1.29 is 4.79 Å². The minimum atomic E-state index is -0.490. The summed E-state index contributed by atoms with van der Waals surface area (Å²) in [7, 11) is 0. The van der Waals surface area contributed by atoms with Gasteiger partial charge in [0, 0.05) is 11.7 Å². The van der Waals surface area contributed by atoms with Gasteiger partial charge in [0.05, 0.1) is 5.41 Å². The summed E-state index contributed by atoms with van der Waals surface area (Å²) in [5.41, 5.74) is 6.87. The molecule has 0 spiro atoms. The van der Waals surface area contributed by atoms with E-state index in [1.807, 2.05) is 38.1 Å². The van der Waals surface area contributed by atoms with E-state index in [1.165, 1.54) is 0 Å². The number of benzene rings is 1. The van der Waals surface area contributed by atoms with E-state index in [-0.39, 0.29) is 5.91 Å². The van der Waals surface area contributed by atoms with Crippen LogP contribution < -0.4 is 11.1 Å². The number of rotatable bonds is 3. The third-order valence-electron chi connectivity index (χ3n) is 3.11. The molecule has 0 bridgehead atoms. The lowest BCUT2D eigenvalue weighted by Crippen LogP contribution is -2.41. The van der Waals surface area contributed by atoms with Crippen LogP contribution in [0, 0.1) is 0 Å². The predicted molar refractivity (Wildman–Crippen MR) is 65.0 cm³/mol. The largest absolute Gasteiger partial charge is 0.399 e. The maximum atomic E-state index is 12.1. The van der Waals surface area contributed by atoms with Gasteiger partial charge in [0.25, 0.3) is 0 Å². The number of carbonyl (C=O) groups excluding carboxylic acids is 1. The molecule has 0 aliphatic heterocycles. The Morgan fingerprint density at radius 1 is 1.31 bits per heavy atom. The highest BCUT2D eigenvalue weighted by molar-refractivity contribution is 5.87. The molecule has 1 saturated carbocycles. The molecule has 0 radical (unpaired) electrons. The number of hydrogen-bond acceptors (Lipinski definition) is 2. The van der Waals surface area contributed by atoms with Gasteiger partial charge in [-0.05, 0) is 44.4 Å². The van der Waals surface area contributed by atoms with Crippen molar-refractivity contribution in [1.29, 1.82) is 0 Å². The summed E-state index contributed by atoms with van der Waals surface area (Å²) in [6.07, 6.45) is 2.23. The lowest BCUT2D eigenvalue weighted by Gasteiger charge is -2.24. The van der Waals surface area contributed by atoms with Crippen LogP contribution >= 0.6 is 0 Å². The van der Waals surface area contributed by atoms with Gasteiger partial charge in [-0.3, -0.25) is 4.79 Å². The fourth-order valence-corrected chi connectivity index (χ4v) is 1.62. The normalized spacial score (nSPS) is 15.9. The van der Waals surface area contributed by atoms with Crippen molar-refractivity contribution in [3.63, 3.8) is 0 Å². The number of hydrogen-bond donors (Lipinski definition) is 2. The van der Waals surface area contributed by atoms with Gasteiger partial charge in [-0.15, -0.1) is 0 Å². The lowest BCUT2D eigenvalue weighted by molar-refractivity contribution is -0.125. The van der Waals surface area contributed by atoms with Gasteiger partial charge in [0.15, 0.2) is 0 Å². The van der Waals surface area contributed by atoms with Crippen molar-refractivity contribution >= 4 is 11.6 Å². The van der Waals surface area contributed by atoms with E-state index < -0.39 is 5.41 Å². The summed E-state index contributed by atoms with van der Waals surface area (Å²) in [5, 5.41) is 3.04. The first kappa shape index (κ1) is 11.0. The molecule has 1 aromatic carbocycles. The monoisotopic (exact) mass is 218 g/mol. The smallest absolute Gasteiger partial charge is 0.230 e. The van der Waals surface area contributed by atoms with Crippen LogP contribution in [0.4, 0.5) is 5.69 Å². The third kappa shape index (κ3) is 2.18. The zero-order valence-electron chi connectivity index (χ0n) is 9.79. The van der Waals surface area contributed by atoms with Gasteiger partial charge in [0.2, 0.25) is 5.91 Å². The second kappa shape index (κ2) is 3.81. The average Bonchev–Trinajstić information content (AvgIpc) is 3.02. The minimum Gasteiger partial charge on any atom is -0.399 e. The second-order valence-electron chi connectivity index (χ2n) is 4.99. The van der Waals surface area contributed by atoms with Crippen LogP contribution in [0.1, 0.15) is 32.3 Å². The number of carbonyl (C=O) groups is 1. The number of nitrogens with two attached hydrogens (primary N) is 1. The molecule has 1 aromatic rings. The molecule has 1 aliphatic rings. The van der Waals surface area contributed by atoms with E-state index in [1.54, 1.807) is 0 Å². The van der Waals surface area contributed by atoms with E-state index in [2.05, 4.69) is 5.32 Å². The molecule has 0 aromatic heterocycles. The first-order chi connectivity index (χ1) is 7.50. The van der Waals surface area contributed by atoms with E-state index >= 15 is 0 Å². The molecule has 1 fully saturated rings. The molecule has 0 saturated heterocycles. The van der Waals surface area contributed by atoms with Gasteiger partial charge in [-0.25, -0.2) is 0 Å². The Bertz CT molecular complexity index is 391. The SMILES string of the molecule is CC(C)(C(=O)NC1CC1)c1ccc(N)cc1. The average molecular weight is 218 g/mol. The molecular weight excluding hydrogens is 200 g/mol. The number of nitrogens with one attached hydrogen (secondary N) is 1. The fraction of sp³-hybridized carbons (Fsp3) is 0.462. The summed E-state index contributed by atoms with van der Waals surface area (Å²) in [5.74, 6) is 0.0970. The van der Waals surface area contributed by atoms with Crippen LogP contribution in [0.2, 0.25) is 0 Å². The molecular formula is C13H18N2O. The van der Waals surface area contributed by atoms with Crippen LogP contribution in [-0.2, 0) is 10.2 Å². The van der Waals surface area contributed by atoms with Crippen molar-refractivity contribution in [2.45, 2.75) is 38.1 Å². The highest BCUT2D eigenvalue weighted by Gasteiger charge is 2.33. The zero-order chi connectivity index (χ0) is 11.8. The molecule has 0 heterocycles. The zero-order valence-corrected chi connectivity index (χ0v) is 9.79. The summed E-state index contributed by atoms with van der Waals surface area (Å²) >= 11 is 0. The molecule has 0 atom stereocenters. The van der Waals surface area contributed by atoms with Crippen LogP contribution in [0.3, 0.4) is 0 Å². The van der Waals surface area contributed by atoms with Crippen molar-refractivity contribution in [3.8, 4) is 0 Å². The Balaban J connectivity index is 2.15. The molecule has 1 amide bonds. The van der Waals surface area contributed by atoms with Gasteiger partial charge in [0.1, 0.15) is 0 Å². The number of anilines is 1. The maximum absolute atomic E-state index is 12.1. The fourth-order valence-electron chi connectivity index (χ4n) is 1.62. The molecule has 3 N–H and O–H groups in total. The standard InChI is InChI=1S/C13H18N2O/c1-13(2,12(16)15-11-7-8-11)9-3-5-10(14)6-4-9/h3-6,11H,7-8,14H2,1-2H3,(H,15,16). The third-order valence-corrected chi connectivity index (χ3v) is 3.11. The van der Waals surface area contributed by atoms with Gasteiger partial charge < -0.3 is 11.1 Å². The summed E-state index contributed by atoms with van der Waals surface area (Å²) < 4.78 is 0. The second-order valence-corrected chi connectivity index (χ2v) is 4.99. The van der Waals surface area contributed by atoms with E-state index in [9.17, 15) is 4.79 Å². The highest BCUT2D eigenvalue weighted by Crippen LogP contribution is 2.27. The van der Waals surface area contributed by atoms with Gasteiger partial charge in [-0.2, -0.15) is 0 Å². The maximum Gasteiger partial charge on any atom is 0.230 e. The van der Waals surface area contributed by atoms with Gasteiger partial charge >= 0.3 is 0 Å². The van der Waals surface area contributed by atoms with Crippen LogP contribution in [0.15, 0.2) is 24.3 Å². The van der Waals surface area contributed by atoms with Crippen molar-refractivity contribution in [2.24, 2.45) is 0 Å². The first-order valence-corrected chi connectivity index (χ1v) is 5.67. The van der Waals surface area contributed by atoms with Crippen LogP contribution in [0.5, 0.6) is 0 Å². The number of nitrogen functional groups attached to an aromatic ring is 1. The Labute approximate surface area is 96.0 Å². The van der Waals surface area contributed by atoms with Crippen molar-refractivity contribution in [3.05, 3.63) is 29.8 Å². The summed E-state index contributed by atoms with van der Waals surface area (Å²) in [4.78, 5) is 12.1. The Kier molecular flexibility index (Phi) is 2.62. The quantitative estimate of drug-likeness (QED) is 0.760. The molecule has 1 aliphatic carbocycles. The van der Waals surface area contributed by atoms with E-state index in [0.29, 0.717) is 6.04 Å². The Morgan fingerprint density at radius 3 is 2.38 bits per heavy atom. The molecule has 86 valence electrons. The number of amides is 1.